The molecule has 0 unspecified atom stereocenters. The topological polar surface area (TPSA) is 79.3 Å². The fraction of sp³-hybridized carbons (Fsp3) is 0.324. The van der Waals surface area contributed by atoms with E-state index in [-0.39, 0.29) is 11.8 Å². The molecule has 3 aliphatic carbocycles. The number of nitrogens with one attached hydrogen (secondary N) is 1. The number of rotatable bonds is 6. The number of benzene rings is 3. The first kappa shape index (κ1) is 26.7. The third-order valence-electron chi connectivity index (χ3n) is 9.45. The molecule has 2 bridgehead atoms. The predicted octanol–water partition coefficient (Wildman–Crippen LogP) is 7.84. The Balaban J connectivity index is 1.48. The maximum absolute atomic E-state index is 14.5. The summed E-state index contributed by atoms with van der Waals surface area (Å²) in [5.41, 5.74) is 5.13. The van der Waals surface area contributed by atoms with Crippen molar-refractivity contribution in [2.24, 2.45) is 5.41 Å². The summed E-state index contributed by atoms with van der Waals surface area (Å²) in [5.74, 6) is -0.900. The molecule has 4 aromatic rings. The summed E-state index contributed by atoms with van der Waals surface area (Å²) < 4.78 is 0.886. The maximum atomic E-state index is 14.5. The molecule has 40 heavy (non-hydrogen) atoms. The largest absolute Gasteiger partial charge is 0.481 e. The number of hydrogen-bond acceptors (Lipinski definition) is 3. The van der Waals surface area contributed by atoms with Crippen molar-refractivity contribution in [2.75, 3.05) is 0 Å². The number of hydrogen-bond donors (Lipinski definition) is 2. The number of halogens is 1. The van der Waals surface area contributed by atoms with Crippen molar-refractivity contribution in [3.8, 4) is 11.3 Å². The van der Waals surface area contributed by atoms with E-state index in [4.69, 9.17) is 4.98 Å². The van der Waals surface area contributed by atoms with Crippen LogP contribution in [0.4, 0.5) is 0 Å². The van der Waals surface area contributed by atoms with Crippen molar-refractivity contribution in [3.05, 3.63) is 99.5 Å². The van der Waals surface area contributed by atoms with Crippen LogP contribution in [-0.2, 0) is 11.2 Å². The first-order valence-corrected chi connectivity index (χ1v) is 14.9. The molecule has 7 rings (SSSR count). The smallest absolute Gasteiger partial charge is 0.309 e. The summed E-state index contributed by atoms with van der Waals surface area (Å²) in [5, 5.41) is 14.6. The van der Waals surface area contributed by atoms with Gasteiger partial charge in [-0.25, -0.2) is 4.98 Å². The number of carbonyl (C=O) groups is 2. The van der Waals surface area contributed by atoms with E-state index in [9.17, 15) is 14.7 Å². The molecule has 3 aromatic carbocycles. The van der Waals surface area contributed by atoms with Gasteiger partial charge in [0, 0.05) is 26.9 Å². The number of fused-ring (bicyclic) bond motifs is 4. The van der Waals surface area contributed by atoms with Crippen LogP contribution < -0.4 is 5.32 Å². The van der Waals surface area contributed by atoms with Gasteiger partial charge in [-0.3, -0.25) is 9.59 Å². The van der Waals surface area contributed by atoms with E-state index < -0.39 is 16.9 Å². The Morgan fingerprint density at radius 2 is 1.70 bits per heavy atom. The van der Waals surface area contributed by atoms with Gasteiger partial charge in [-0.05, 0) is 80.3 Å². The van der Waals surface area contributed by atoms with E-state index in [0.29, 0.717) is 37.7 Å². The molecule has 5 nitrogen and oxygen atoms in total. The van der Waals surface area contributed by atoms with Gasteiger partial charge in [-0.15, -0.1) is 0 Å². The van der Waals surface area contributed by atoms with Crippen molar-refractivity contribution < 1.29 is 14.7 Å². The lowest BCUT2D eigenvalue weighted by Crippen LogP contribution is -2.62. The second kappa shape index (κ2) is 10.2. The highest BCUT2D eigenvalue weighted by molar-refractivity contribution is 9.10. The van der Waals surface area contributed by atoms with E-state index in [0.717, 1.165) is 38.6 Å². The molecule has 3 saturated carbocycles. The van der Waals surface area contributed by atoms with Gasteiger partial charge < -0.3 is 10.4 Å². The number of carboxylic acid groups (broad SMARTS) is 1. The third kappa shape index (κ3) is 4.33. The first-order valence-electron chi connectivity index (χ1n) is 14.1. The zero-order valence-corrected chi connectivity index (χ0v) is 24.4. The van der Waals surface area contributed by atoms with Crippen LogP contribution in [0.2, 0.25) is 0 Å². The Kier molecular flexibility index (Phi) is 6.78. The molecule has 3 aliphatic rings. The van der Waals surface area contributed by atoms with Gasteiger partial charge >= 0.3 is 5.97 Å². The van der Waals surface area contributed by atoms with Crippen molar-refractivity contribution in [2.45, 2.75) is 63.8 Å². The lowest BCUT2D eigenvalue weighted by molar-refractivity contribution is -0.157. The number of pyridine rings is 1. The van der Waals surface area contributed by atoms with E-state index >= 15 is 0 Å². The lowest BCUT2D eigenvalue weighted by atomic mass is 9.51. The van der Waals surface area contributed by atoms with Gasteiger partial charge in [0.2, 0.25) is 0 Å². The molecule has 1 amide bonds. The number of aryl methyl sites for hydroxylation is 1. The van der Waals surface area contributed by atoms with Crippen molar-refractivity contribution >= 4 is 38.7 Å². The molecule has 0 aliphatic heterocycles. The molecule has 204 valence electrons. The molecule has 3 fully saturated rings. The van der Waals surface area contributed by atoms with Crippen molar-refractivity contribution in [3.63, 3.8) is 0 Å². The van der Waals surface area contributed by atoms with Crippen LogP contribution in [0.25, 0.3) is 22.2 Å². The molecular weight excluding hydrogens is 564 g/mol. The average molecular weight is 598 g/mol. The van der Waals surface area contributed by atoms with Crippen LogP contribution in [0, 0.1) is 12.3 Å². The summed E-state index contributed by atoms with van der Waals surface area (Å²) in [6, 6.07) is 24.2. The molecule has 2 N–H and O–H groups in total. The molecule has 6 heteroatoms. The number of carboxylic acids is 1. The Bertz CT molecular complexity index is 1620. The van der Waals surface area contributed by atoms with E-state index in [1.54, 1.807) is 0 Å². The zero-order chi connectivity index (χ0) is 28.1. The van der Waals surface area contributed by atoms with Crippen LogP contribution in [0.3, 0.4) is 0 Å². The van der Waals surface area contributed by atoms with Gasteiger partial charge in [0.25, 0.3) is 5.91 Å². The van der Waals surface area contributed by atoms with Crippen LogP contribution >= 0.6 is 15.9 Å². The average Bonchev–Trinajstić information content (AvgIpc) is 2.97. The molecule has 0 radical (unpaired) electrons. The van der Waals surface area contributed by atoms with Gasteiger partial charge in [-0.1, -0.05) is 77.5 Å². The monoisotopic (exact) mass is 596 g/mol. The van der Waals surface area contributed by atoms with Gasteiger partial charge in [0.15, 0.2) is 0 Å². The Morgan fingerprint density at radius 3 is 2.40 bits per heavy atom. The minimum atomic E-state index is -0.734. The van der Waals surface area contributed by atoms with Gasteiger partial charge in [0.05, 0.1) is 22.2 Å². The molecule has 1 atom stereocenters. The number of aromatic nitrogens is 1. The molecule has 1 heterocycles. The second-order valence-corrected chi connectivity index (χ2v) is 12.4. The minimum absolute atomic E-state index is 0.0695. The van der Waals surface area contributed by atoms with Crippen LogP contribution in [-0.4, -0.2) is 27.5 Å². The maximum Gasteiger partial charge on any atom is 0.309 e. The van der Waals surface area contributed by atoms with Crippen molar-refractivity contribution in [1.82, 2.24) is 10.3 Å². The fourth-order valence-corrected chi connectivity index (χ4v) is 7.58. The molecule has 0 saturated heterocycles. The summed E-state index contributed by atoms with van der Waals surface area (Å²) in [6.45, 7) is 4.11. The Labute approximate surface area is 243 Å². The van der Waals surface area contributed by atoms with Crippen LogP contribution in [0.15, 0.2) is 77.3 Å². The minimum Gasteiger partial charge on any atom is -0.481 e. The third-order valence-corrected chi connectivity index (χ3v) is 9.95. The van der Waals surface area contributed by atoms with Crippen LogP contribution in [0.1, 0.15) is 72.0 Å². The number of nitrogens with zero attached hydrogens (tertiary/aromatic N) is 1. The van der Waals surface area contributed by atoms with Gasteiger partial charge in [-0.2, -0.15) is 0 Å². The number of amides is 1. The number of carbonyl (C=O) groups excluding carboxylic acids is 1. The van der Waals surface area contributed by atoms with E-state index in [1.165, 1.54) is 11.1 Å². The van der Waals surface area contributed by atoms with E-state index in [1.807, 2.05) is 67.6 Å². The summed E-state index contributed by atoms with van der Waals surface area (Å²) >= 11 is 3.59. The first-order chi connectivity index (χ1) is 19.3. The molecule has 1 aromatic heterocycles. The Hall–Kier alpha value is -3.51. The fourth-order valence-electron chi connectivity index (χ4n) is 7.22. The second-order valence-electron chi connectivity index (χ2n) is 11.5. The molecular formula is C34H33BrN2O3. The van der Waals surface area contributed by atoms with Crippen molar-refractivity contribution in [1.29, 1.82) is 0 Å². The zero-order valence-electron chi connectivity index (χ0n) is 22.8. The standard InChI is InChI=1S/C34H33BrN2O3/c1-3-22-9-7-8-12-25(22)27-20-33(32(39)40)15-17-34(27,18-16-33)37-31(38)29-21(2)30(23-10-5-4-6-11-23)36-28-14-13-24(35)19-26(28)29/h4-14,19,27H,3,15-18,20H2,1-2H3,(H,37,38)(H,39,40)/t27-,33?,34?/m0/s1. The van der Waals surface area contributed by atoms with Crippen LogP contribution in [0.5, 0.6) is 0 Å². The highest BCUT2D eigenvalue weighted by Gasteiger charge is 2.59. The van der Waals surface area contributed by atoms with E-state index in [2.05, 4.69) is 40.3 Å². The summed E-state index contributed by atoms with van der Waals surface area (Å²) in [6.07, 6.45) is 3.83. The SMILES string of the molecule is CCc1ccccc1[C@@H]1CC2(C(=O)O)CCC1(NC(=O)c1c(C)c(-c3ccccc3)nc3ccc(Br)cc13)CC2. The Morgan fingerprint density at radius 1 is 1.00 bits per heavy atom. The predicted molar refractivity (Wildman–Crippen MR) is 162 cm³/mol. The lowest BCUT2D eigenvalue weighted by Gasteiger charge is -2.56. The number of aliphatic carboxylic acids is 1. The quantitative estimate of drug-likeness (QED) is 0.237. The normalized spacial score (nSPS) is 23.7. The summed E-state index contributed by atoms with van der Waals surface area (Å²) in [7, 11) is 0. The summed E-state index contributed by atoms with van der Waals surface area (Å²) in [4.78, 5) is 32.0. The van der Waals surface area contributed by atoms with Gasteiger partial charge in [0.1, 0.15) is 0 Å². The highest BCUT2D eigenvalue weighted by atomic mass is 79.9. The molecule has 0 spiro atoms. The highest BCUT2D eigenvalue weighted by Crippen LogP contribution is 2.59.